The second-order valence-corrected chi connectivity index (χ2v) is 5.43. The van der Waals surface area contributed by atoms with Crippen LogP contribution in [0.5, 0.6) is 11.5 Å². The molecule has 1 N–H and O–H groups in total. The van der Waals surface area contributed by atoms with Crippen molar-refractivity contribution < 1.29 is 24.3 Å². The molecule has 1 aliphatic rings. The number of carboxylic acid groups (broad SMARTS) is 1. The fraction of sp³-hybridized carbons (Fsp3) is 0.235. The van der Waals surface area contributed by atoms with Crippen molar-refractivity contribution in [1.82, 2.24) is 0 Å². The molecule has 0 amide bonds. The smallest absolute Gasteiger partial charge is 0.311 e. The van der Waals surface area contributed by atoms with Gasteiger partial charge >= 0.3 is 5.97 Å². The van der Waals surface area contributed by atoms with Crippen LogP contribution in [0.1, 0.15) is 17.0 Å². The Morgan fingerprint density at radius 3 is 2.62 bits per heavy atom. The van der Waals surface area contributed by atoms with Gasteiger partial charge in [0.2, 0.25) is 0 Å². The Bertz CT molecular complexity index is 788. The number of non-ortho nitro benzene ring substituents is 1. The molecular weight excluding hydrogens is 314 g/mol. The van der Waals surface area contributed by atoms with Crippen LogP contribution in [0.15, 0.2) is 42.5 Å². The third-order valence-electron chi connectivity index (χ3n) is 3.83. The summed E-state index contributed by atoms with van der Waals surface area (Å²) < 4.78 is 10.9. The van der Waals surface area contributed by atoms with Crippen molar-refractivity contribution >= 4 is 11.7 Å². The summed E-state index contributed by atoms with van der Waals surface area (Å²) in [6.45, 7) is 0.876. The zero-order chi connectivity index (χ0) is 17.1. The molecule has 0 radical (unpaired) electrons. The number of nitro benzene ring substituents is 1. The number of carboxylic acids is 1. The van der Waals surface area contributed by atoms with E-state index in [9.17, 15) is 20.0 Å². The Kier molecular flexibility index (Phi) is 4.33. The van der Waals surface area contributed by atoms with Crippen molar-refractivity contribution in [2.24, 2.45) is 0 Å². The van der Waals surface area contributed by atoms with Crippen molar-refractivity contribution in [1.29, 1.82) is 0 Å². The van der Waals surface area contributed by atoms with Crippen LogP contribution >= 0.6 is 0 Å². The minimum absolute atomic E-state index is 0.0567. The summed E-state index contributed by atoms with van der Waals surface area (Å²) in [5, 5.41) is 20.4. The molecule has 7 heteroatoms. The maximum atomic E-state index is 11.7. The van der Waals surface area contributed by atoms with E-state index >= 15 is 0 Å². The van der Waals surface area contributed by atoms with Gasteiger partial charge in [0, 0.05) is 12.1 Å². The maximum Gasteiger partial charge on any atom is 0.311 e. The molecular formula is C17H15NO6. The standard InChI is InChI=1S/C17H15NO6/c19-17(20)14(9-11-2-1-3-13(8-11)18(21)22)12-4-5-15-16(10-12)24-7-6-23-15/h1-5,8,10,14H,6-7,9H2,(H,19,20). The first-order valence-corrected chi connectivity index (χ1v) is 7.40. The molecule has 0 aliphatic carbocycles. The van der Waals surface area contributed by atoms with Gasteiger partial charge in [-0.3, -0.25) is 14.9 Å². The van der Waals surface area contributed by atoms with Gasteiger partial charge in [0.25, 0.3) is 5.69 Å². The molecule has 1 heterocycles. The number of nitro groups is 1. The number of hydrogen-bond donors (Lipinski definition) is 1. The normalized spacial score (nSPS) is 14.0. The Balaban J connectivity index is 1.89. The zero-order valence-electron chi connectivity index (χ0n) is 12.7. The highest BCUT2D eigenvalue weighted by Crippen LogP contribution is 2.34. The first-order chi connectivity index (χ1) is 11.5. The number of aliphatic carboxylic acids is 1. The van der Waals surface area contributed by atoms with Crippen LogP contribution in [0.3, 0.4) is 0 Å². The molecule has 2 aromatic carbocycles. The molecule has 7 nitrogen and oxygen atoms in total. The molecule has 0 bridgehead atoms. The number of hydrogen-bond acceptors (Lipinski definition) is 5. The maximum absolute atomic E-state index is 11.7. The van der Waals surface area contributed by atoms with Crippen LogP contribution < -0.4 is 9.47 Å². The fourth-order valence-electron chi connectivity index (χ4n) is 2.66. The van der Waals surface area contributed by atoms with E-state index in [1.54, 1.807) is 30.3 Å². The van der Waals surface area contributed by atoms with Gasteiger partial charge in [0.15, 0.2) is 11.5 Å². The summed E-state index contributed by atoms with van der Waals surface area (Å²) in [6.07, 6.45) is 0.149. The quantitative estimate of drug-likeness (QED) is 0.669. The lowest BCUT2D eigenvalue weighted by Crippen LogP contribution is -2.18. The lowest BCUT2D eigenvalue weighted by molar-refractivity contribution is -0.384. The van der Waals surface area contributed by atoms with Gasteiger partial charge in [0.1, 0.15) is 13.2 Å². The molecule has 1 unspecified atom stereocenters. The van der Waals surface area contributed by atoms with E-state index in [4.69, 9.17) is 9.47 Å². The molecule has 24 heavy (non-hydrogen) atoms. The van der Waals surface area contributed by atoms with Gasteiger partial charge in [0.05, 0.1) is 10.8 Å². The third-order valence-corrected chi connectivity index (χ3v) is 3.83. The van der Waals surface area contributed by atoms with Crippen LogP contribution in [0.2, 0.25) is 0 Å². The number of ether oxygens (including phenoxy) is 2. The summed E-state index contributed by atoms with van der Waals surface area (Å²) in [4.78, 5) is 22.1. The predicted molar refractivity (Wildman–Crippen MR) is 84.6 cm³/mol. The van der Waals surface area contributed by atoms with Crippen LogP contribution in [-0.4, -0.2) is 29.2 Å². The number of nitrogens with zero attached hydrogens (tertiary/aromatic N) is 1. The largest absolute Gasteiger partial charge is 0.486 e. The molecule has 0 spiro atoms. The molecule has 1 atom stereocenters. The summed E-state index contributed by atoms with van der Waals surface area (Å²) >= 11 is 0. The van der Waals surface area contributed by atoms with Gasteiger partial charge in [-0.25, -0.2) is 0 Å². The van der Waals surface area contributed by atoms with E-state index in [0.717, 1.165) is 0 Å². The van der Waals surface area contributed by atoms with Crippen LogP contribution in [0, 0.1) is 10.1 Å². The van der Waals surface area contributed by atoms with E-state index in [2.05, 4.69) is 0 Å². The third kappa shape index (κ3) is 3.29. The van der Waals surface area contributed by atoms with Gasteiger partial charge in [-0.05, 0) is 29.7 Å². The van der Waals surface area contributed by atoms with E-state index in [-0.39, 0.29) is 12.1 Å². The SMILES string of the molecule is O=C(O)C(Cc1cccc([N+](=O)[O-])c1)c1ccc2c(c1)OCCO2. The molecule has 0 aromatic heterocycles. The van der Waals surface area contributed by atoms with Crippen LogP contribution in [-0.2, 0) is 11.2 Å². The summed E-state index contributed by atoms with van der Waals surface area (Å²) in [6, 6.07) is 11.0. The van der Waals surface area contributed by atoms with E-state index < -0.39 is 16.8 Å². The Morgan fingerprint density at radius 1 is 1.17 bits per heavy atom. The molecule has 1 aliphatic heterocycles. The summed E-state index contributed by atoms with van der Waals surface area (Å²) in [5.41, 5.74) is 1.10. The average Bonchev–Trinajstić information content (AvgIpc) is 2.59. The molecule has 0 saturated carbocycles. The highest BCUT2D eigenvalue weighted by Gasteiger charge is 2.23. The first-order valence-electron chi connectivity index (χ1n) is 7.40. The second-order valence-electron chi connectivity index (χ2n) is 5.43. The zero-order valence-corrected chi connectivity index (χ0v) is 12.7. The highest BCUT2D eigenvalue weighted by molar-refractivity contribution is 5.77. The lowest BCUT2D eigenvalue weighted by Gasteiger charge is -2.20. The number of carbonyl (C=O) groups is 1. The predicted octanol–water partition coefficient (Wildman–Crippen LogP) is 2.78. The van der Waals surface area contributed by atoms with Crippen LogP contribution in [0.4, 0.5) is 5.69 Å². The van der Waals surface area contributed by atoms with Crippen molar-refractivity contribution in [3.8, 4) is 11.5 Å². The van der Waals surface area contributed by atoms with Gasteiger partial charge in [-0.2, -0.15) is 0 Å². The Morgan fingerprint density at radius 2 is 1.92 bits per heavy atom. The van der Waals surface area contributed by atoms with E-state index in [0.29, 0.717) is 35.8 Å². The fourth-order valence-corrected chi connectivity index (χ4v) is 2.66. The van der Waals surface area contributed by atoms with Crippen molar-refractivity contribution in [3.05, 3.63) is 63.7 Å². The topological polar surface area (TPSA) is 98.9 Å². The van der Waals surface area contributed by atoms with Gasteiger partial charge in [-0.1, -0.05) is 18.2 Å². The Hall–Kier alpha value is -3.09. The molecule has 124 valence electrons. The highest BCUT2D eigenvalue weighted by atomic mass is 16.6. The summed E-state index contributed by atoms with van der Waals surface area (Å²) in [5.74, 6) is -0.727. The van der Waals surface area contributed by atoms with Crippen molar-refractivity contribution in [2.45, 2.75) is 12.3 Å². The average molecular weight is 329 g/mol. The summed E-state index contributed by atoms with van der Waals surface area (Å²) in [7, 11) is 0. The molecule has 0 fully saturated rings. The first kappa shape index (κ1) is 15.8. The number of benzene rings is 2. The van der Waals surface area contributed by atoms with Crippen molar-refractivity contribution in [3.63, 3.8) is 0 Å². The minimum Gasteiger partial charge on any atom is -0.486 e. The molecule has 3 rings (SSSR count). The molecule has 2 aromatic rings. The monoisotopic (exact) mass is 329 g/mol. The lowest BCUT2D eigenvalue weighted by atomic mass is 9.91. The van der Waals surface area contributed by atoms with Gasteiger partial charge < -0.3 is 14.6 Å². The molecule has 0 saturated heterocycles. The number of fused-ring (bicyclic) bond motifs is 1. The van der Waals surface area contributed by atoms with E-state index in [1.807, 2.05) is 0 Å². The van der Waals surface area contributed by atoms with Gasteiger partial charge in [-0.15, -0.1) is 0 Å². The Labute approximate surface area is 137 Å². The van der Waals surface area contributed by atoms with Crippen molar-refractivity contribution in [2.75, 3.05) is 13.2 Å². The second kappa shape index (κ2) is 6.57. The number of rotatable bonds is 5. The van der Waals surface area contributed by atoms with E-state index in [1.165, 1.54) is 12.1 Å². The minimum atomic E-state index is -1.00. The van der Waals surface area contributed by atoms with Crippen LogP contribution in [0.25, 0.3) is 0 Å².